The van der Waals surface area contributed by atoms with E-state index < -0.39 is 17.7 Å². The van der Waals surface area contributed by atoms with Gasteiger partial charge in [0.05, 0.1) is 18.2 Å². The summed E-state index contributed by atoms with van der Waals surface area (Å²) in [5.41, 5.74) is 3.70. The molecular weight excluding hydrogens is 402 g/mol. The van der Waals surface area contributed by atoms with E-state index in [1.807, 2.05) is 43.3 Å². The highest BCUT2D eigenvalue weighted by molar-refractivity contribution is 6.46. The largest absolute Gasteiger partial charge is 0.507 e. The second-order valence-electron chi connectivity index (χ2n) is 9.64. The summed E-state index contributed by atoms with van der Waals surface area (Å²) in [5.74, 6) is -0.497. The van der Waals surface area contributed by atoms with Crippen molar-refractivity contribution >= 4 is 17.4 Å². The van der Waals surface area contributed by atoms with Crippen LogP contribution in [0.2, 0.25) is 0 Å². The Labute approximate surface area is 189 Å². The fourth-order valence-corrected chi connectivity index (χ4v) is 4.53. The molecule has 2 aliphatic rings. The number of ketones is 1. The summed E-state index contributed by atoms with van der Waals surface area (Å²) >= 11 is 0. The predicted octanol–water partition coefficient (Wildman–Crippen LogP) is 5.14. The SMILES string of the molecule is CCCN1C(=O)C(=O)/C(=C(\O)c2ccc3c(c2)CCCO3)C1c1ccc(C(C)(C)C)cc1. The highest BCUT2D eigenvalue weighted by Gasteiger charge is 2.45. The number of carbonyl (C=O) groups is 2. The normalized spacial score (nSPS) is 20.2. The number of aliphatic hydroxyl groups is 1. The van der Waals surface area contributed by atoms with Crippen LogP contribution in [-0.2, 0) is 21.4 Å². The van der Waals surface area contributed by atoms with Gasteiger partial charge in [0.1, 0.15) is 11.5 Å². The molecule has 5 heteroatoms. The third-order valence-electron chi connectivity index (χ3n) is 6.28. The van der Waals surface area contributed by atoms with Crippen LogP contribution in [0.25, 0.3) is 5.76 Å². The molecule has 168 valence electrons. The van der Waals surface area contributed by atoms with E-state index in [2.05, 4.69) is 20.8 Å². The van der Waals surface area contributed by atoms with Gasteiger partial charge in [0.2, 0.25) is 0 Å². The van der Waals surface area contributed by atoms with E-state index in [0.29, 0.717) is 18.7 Å². The highest BCUT2D eigenvalue weighted by atomic mass is 16.5. The number of Topliss-reactive ketones (excluding diaryl/α,β-unsaturated/α-hetero) is 1. The molecule has 0 radical (unpaired) electrons. The van der Waals surface area contributed by atoms with Crippen LogP contribution in [0.3, 0.4) is 0 Å². The van der Waals surface area contributed by atoms with Crippen LogP contribution in [-0.4, -0.2) is 34.8 Å². The van der Waals surface area contributed by atoms with Crippen LogP contribution in [0.15, 0.2) is 48.0 Å². The van der Waals surface area contributed by atoms with Gasteiger partial charge in [-0.1, -0.05) is 52.0 Å². The Balaban J connectivity index is 1.82. The summed E-state index contributed by atoms with van der Waals surface area (Å²) in [7, 11) is 0. The first-order chi connectivity index (χ1) is 15.2. The summed E-state index contributed by atoms with van der Waals surface area (Å²) in [4.78, 5) is 27.6. The van der Waals surface area contributed by atoms with Crippen molar-refractivity contribution in [3.63, 3.8) is 0 Å². The van der Waals surface area contributed by atoms with Crippen molar-refractivity contribution in [3.8, 4) is 5.75 Å². The fourth-order valence-electron chi connectivity index (χ4n) is 4.53. The zero-order valence-corrected chi connectivity index (χ0v) is 19.3. The molecule has 1 amide bonds. The first-order valence-electron chi connectivity index (χ1n) is 11.4. The molecule has 0 aromatic heterocycles. The number of benzene rings is 2. The molecule has 1 N–H and O–H groups in total. The van der Waals surface area contributed by atoms with E-state index in [9.17, 15) is 14.7 Å². The molecule has 0 bridgehead atoms. The van der Waals surface area contributed by atoms with Crippen molar-refractivity contribution in [2.45, 2.75) is 58.4 Å². The number of nitrogens with zero attached hydrogens (tertiary/aromatic N) is 1. The molecule has 0 aliphatic carbocycles. The van der Waals surface area contributed by atoms with Crippen LogP contribution in [0, 0.1) is 0 Å². The second-order valence-corrected chi connectivity index (χ2v) is 9.64. The van der Waals surface area contributed by atoms with Crippen molar-refractivity contribution in [2.24, 2.45) is 0 Å². The predicted molar refractivity (Wildman–Crippen MR) is 125 cm³/mol. The van der Waals surface area contributed by atoms with Crippen molar-refractivity contribution in [2.75, 3.05) is 13.2 Å². The first kappa shape index (κ1) is 22.1. The molecule has 2 aromatic rings. The minimum absolute atomic E-state index is 0.00500. The van der Waals surface area contributed by atoms with Gasteiger partial charge in [-0.05, 0) is 59.6 Å². The van der Waals surface area contributed by atoms with Crippen molar-refractivity contribution in [1.82, 2.24) is 4.90 Å². The summed E-state index contributed by atoms with van der Waals surface area (Å²) in [6.07, 6.45) is 2.50. The molecule has 0 saturated carbocycles. The molecule has 5 nitrogen and oxygen atoms in total. The summed E-state index contributed by atoms with van der Waals surface area (Å²) in [5, 5.41) is 11.3. The van der Waals surface area contributed by atoms with Gasteiger partial charge in [0.15, 0.2) is 0 Å². The molecule has 2 aliphatic heterocycles. The fraction of sp³-hybridized carbons (Fsp3) is 0.407. The number of aryl methyl sites for hydroxylation is 1. The van der Waals surface area contributed by atoms with Gasteiger partial charge in [-0.15, -0.1) is 0 Å². The van der Waals surface area contributed by atoms with Crippen molar-refractivity contribution in [3.05, 3.63) is 70.3 Å². The number of amides is 1. The molecule has 0 spiro atoms. The lowest BCUT2D eigenvalue weighted by Crippen LogP contribution is -2.30. The Bertz CT molecular complexity index is 1080. The lowest BCUT2D eigenvalue weighted by atomic mass is 9.85. The van der Waals surface area contributed by atoms with E-state index in [0.717, 1.165) is 36.1 Å². The topological polar surface area (TPSA) is 66.8 Å². The van der Waals surface area contributed by atoms with Crippen LogP contribution >= 0.6 is 0 Å². The maximum atomic E-state index is 13.1. The smallest absolute Gasteiger partial charge is 0.295 e. The van der Waals surface area contributed by atoms with Gasteiger partial charge in [-0.3, -0.25) is 9.59 Å². The average Bonchev–Trinajstić information content (AvgIpc) is 3.03. The van der Waals surface area contributed by atoms with E-state index in [1.165, 1.54) is 5.56 Å². The quantitative estimate of drug-likeness (QED) is 0.412. The van der Waals surface area contributed by atoms with Gasteiger partial charge in [0.25, 0.3) is 11.7 Å². The average molecular weight is 434 g/mol. The van der Waals surface area contributed by atoms with Crippen LogP contribution in [0.1, 0.15) is 68.8 Å². The number of likely N-dealkylation sites (tertiary alicyclic amines) is 1. The standard InChI is InChI=1S/C27H31NO4/c1-5-14-28-23(17-8-11-20(12-9-17)27(2,3)4)22(25(30)26(28)31)24(29)19-10-13-21-18(16-19)7-6-15-32-21/h8-13,16,23,29H,5-7,14-15H2,1-4H3/b24-22-. The Kier molecular flexibility index (Phi) is 5.85. The van der Waals surface area contributed by atoms with Crippen molar-refractivity contribution in [1.29, 1.82) is 0 Å². The van der Waals surface area contributed by atoms with E-state index in [-0.39, 0.29) is 16.7 Å². The second kappa shape index (κ2) is 8.45. The van der Waals surface area contributed by atoms with Crippen LogP contribution in [0.5, 0.6) is 5.75 Å². The Hall–Kier alpha value is -3.08. The van der Waals surface area contributed by atoms with Gasteiger partial charge >= 0.3 is 0 Å². The third-order valence-corrected chi connectivity index (χ3v) is 6.28. The van der Waals surface area contributed by atoms with Gasteiger partial charge in [-0.2, -0.15) is 0 Å². The number of hydrogen-bond acceptors (Lipinski definition) is 4. The molecule has 1 fully saturated rings. The molecule has 1 saturated heterocycles. The number of ether oxygens (including phenoxy) is 1. The summed E-state index contributed by atoms with van der Waals surface area (Å²) < 4.78 is 5.67. The maximum absolute atomic E-state index is 13.1. The maximum Gasteiger partial charge on any atom is 0.295 e. The summed E-state index contributed by atoms with van der Waals surface area (Å²) in [6.45, 7) is 9.54. The number of hydrogen-bond donors (Lipinski definition) is 1. The zero-order chi connectivity index (χ0) is 23.0. The van der Waals surface area contributed by atoms with Gasteiger partial charge < -0.3 is 14.7 Å². The molecule has 32 heavy (non-hydrogen) atoms. The van der Waals surface area contributed by atoms with Crippen molar-refractivity contribution < 1.29 is 19.4 Å². The van der Waals surface area contributed by atoms with Gasteiger partial charge in [-0.25, -0.2) is 0 Å². The molecular formula is C27H31NO4. The van der Waals surface area contributed by atoms with Crippen LogP contribution in [0.4, 0.5) is 0 Å². The van der Waals surface area contributed by atoms with E-state index in [4.69, 9.17) is 4.74 Å². The minimum atomic E-state index is -0.630. The molecule has 4 rings (SSSR count). The Morgan fingerprint density at radius 2 is 1.84 bits per heavy atom. The first-order valence-corrected chi connectivity index (χ1v) is 11.4. The molecule has 1 atom stereocenters. The Morgan fingerprint density at radius 3 is 2.50 bits per heavy atom. The molecule has 2 aromatic carbocycles. The number of fused-ring (bicyclic) bond motifs is 1. The van der Waals surface area contributed by atoms with E-state index >= 15 is 0 Å². The number of rotatable bonds is 4. The summed E-state index contributed by atoms with van der Waals surface area (Å²) in [6, 6.07) is 12.9. The number of carbonyl (C=O) groups excluding carboxylic acids is 2. The Morgan fingerprint density at radius 1 is 1.12 bits per heavy atom. The third kappa shape index (κ3) is 3.92. The van der Waals surface area contributed by atoms with Gasteiger partial charge in [0, 0.05) is 12.1 Å². The lowest BCUT2D eigenvalue weighted by molar-refractivity contribution is -0.139. The monoisotopic (exact) mass is 433 g/mol. The van der Waals surface area contributed by atoms with Crippen LogP contribution < -0.4 is 4.74 Å². The molecule has 1 unspecified atom stereocenters. The lowest BCUT2D eigenvalue weighted by Gasteiger charge is -2.26. The molecule has 2 heterocycles. The van der Waals surface area contributed by atoms with E-state index in [1.54, 1.807) is 11.0 Å². The highest BCUT2D eigenvalue weighted by Crippen LogP contribution is 2.40. The minimum Gasteiger partial charge on any atom is -0.507 e. The number of aliphatic hydroxyl groups excluding tert-OH is 1. The zero-order valence-electron chi connectivity index (χ0n) is 19.3.